The van der Waals surface area contributed by atoms with Gasteiger partial charge in [0, 0.05) is 19.2 Å². The van der Waals surface area contributed by atoms with E-state index in [1.54, 1.807) is 24.1 Å². The summed E-state index contributed by atoms with van der Waals surface area (Å²) in [5.74, 6) is -0.560. The summed E-state index contributed by atoms with van der Waals surface area (Å²) in [5, 5.41) is 16.9. The normalized spacial score (nSPS) is 10.4. The Kier molecular flexibility index (Phi) is 4.47. The molecule has 0 saturated carbocycles. The second-order valence-corrected chi connectivity index (χ2v) is 4.81. The monoisotopic (exact) mass is 289 g/mol. The average Bonchev–Trinajstić information content (AvgIpc) is 2.44. The molecule has 0 atom stereocenters. The molecule has 0 spiro atoms. The summed E-state index contributed by atoms with van der Waals surface area (Å²) in [4.78, 5) is 12.3. The van der Waals surface area contributed by atoms with Crippen molar-refractivity contribution in [3.8, 4) is 11.3 Å². The summed E-state index contributed by atoms with van der Waals surface area (Å²) < 4.78 is 13.2. The van der Waals surface area contributed by atoms with Gasteiger partial charge in [0.1, 0.15) is 5.82 Å². The maximum absolute atomic E-state index is 13.2. The van der Waals surface area contributed by atoms with Crippen LogP contribution in [-0.2, 0) is 4.79 Å². The third-order valence-corrected chi connectivity index (χ3v) is 3.10. The molecule has 0 aliphatic carbocycles. The van der Waals surface area contributed by atoms with Crippen molar-refractivity contribution >= 4 is 11.8 Å². The van der Waals surface area contributed by atoms with E-state index in [1.165, 1.54) is 12.1 Å². The highest BCUT2D eigenvalue weighted by Gasteiger charge is 2.11. The molecule has 1 heterocycles. The molecule has 5 nitrogen and oxygen atoms in total. The van der Waals surface area contributed by atoms with E-state index in [1.807, 2.05) is 13.0 Å². The van der Waals surface area contributed by atoms with Crippen LogP contribution in [0.2, 0.25) is 0 Å². The lowest BCUT2D eigenvalue weighted by atomic mass is 10.1. The molecule has 2 rings (SSSR count). The average molecular weight is 289 g/mol. The standard InChI is InChI=1S/C15H16FN3O2/c1-10-8-13(11-4-3-5-12(16)9-11)17-18-15(10)19(2)7-6-14(20)21/h3-5,8-9H,6-7H2,1-2H3,(H,20,21). The Labute approximate surface area is 122 Å². The van der Waals surface area contributed by atoms with Crippen molar-refractivity contribution in [2.45, 2.75) is 13.3 Å². The van der Waals surface area contributed by atoms with Gasteiger partial charge in [-0.05, 0) is 30.7 Å². The predicted octanol–water partition coefficient (Wildman–Crippen LogP) is 2.50. The first-order valence-corrected chi connectivity index (χ1v) is 6.50. The lowest BCUT2D eigenvalue weighted by molar-refractivity contribution is -0.136. The highest BCUT2D eigenvalue weighted by Crippen LogP contribution is 2.22. The number of aromatic nitrogens is 2. The molecule has 1 N–H and O–H groups in total. The van der Waals surface area contributed by atoms with Crippen molar-refractivity contribution in [3.05, 3.63) is 41.7 Å². The molecule has 21 heavy (non-hydrogen) atoms. The summed E-state index contributed by atoms with van der Waals surface area (Å²) in [6, 6.07) is 7.97. The van der Waals surface area contributed by atoms with Gasteiger partial charge in [-0.1, -0.05) is 12.1 Å². The van der Waals surface area contributed by atoms with E-state index in [9.17, 15) is 9.18 Å². The third kappa shape index (κ3) is 3.75. The number of hydrogen-bond donors (Lipinski definition) is 1. The zero-order chi connectivity index (χ0) is 15.4. The summed E-state index contributed by atoms with van der Waals surface area (Å²) in [6.45, 7) is 2.22. The van der Waals surface area contributed by atoms with Crippen LogP contribution in [0.4, 0.5) is 10.2 Å². The van der Waals surface area contributed by atoms with Crippen LogP contribution in [0.15, 0.2) is 30.3 Å². The maximum atomic E-state index is 13.2. The molecule has 0 saturated heterocycles. The van der Waals surface area contributed by atoms with Crippen molar-refractivity contribution in [1.29, 1.82) is 0 Å². The first-order chi connectivity index (χ1) is 9.97. The van der Waals surface area contributed by atoms with E-state index in [0.29, 0.717) is 23.6 Å². The van der Waals surface area contributed by atoms with Gasteiger partial charge in [0.15, 0.2) is 5.82 Å². The quantitative estimate of drug-likeness (QED) is 0.916. The van der Waals surface area contributed by atoms with Gasteiger partial charge in [-0.2, -0.15) is 0 Å². The van der Waals surface area contributed by atoms with Crippen LogP contribution >= 0.6 is 0 Å². The van der Waals surface area contributed by atoms with Crippen LogP contribution in [0.25, 0.3) is 11.3 Å². The number of rotatable bonds is 5. The number of hydrogen-bond acceptors (Lipinski definition) is 4. The van der Waals surface area contributed by atoms with Crippen LogP contribution < -0.4 is 4.90 Å². The molecule has 0 amide bonds. The van der Waals surface area contributed by atoms with Gasteiger partial charge >= 0.3 is 5.97 Å². The van der Waals surface area contributed by atoms with Crippen LogP contribution in [0.1, 0.15) is 12.0 Å². The summed E-state index contributed by atoms with van der Waals surface area (Å²) >= 11 is 0. The fourth-order valence-electron chi connectivity index (χ4n) is 2.01. The van der Waals surface area contributed by atoms with Crippen LogP contribution in [0.5, 0.6) is 0 Å². The fourth-order valence-corrected chi connectivity index (χ4v) is 2.01. The van der Waals surface area contributed by atoms with Crippen LogP contribution in [-0.4, -0.2) is 34.9 Å². The zero-order valence-corrected chi connectivity index (χ0v) is 11.9. The van der Waals surface area contributed by atoms with Crippen molar-refractivity contribution in [1.82, 2.24) is 10.2 Å². The van der Waals surface area contributed by atoms with Gasteiger partial charge in [0.25, 0.3) is 0 Å². The van der Waals surface area contributed by atoms with Gasteiger partial charge in [-0.15, -0.1) is 10.2 Å². The highest BCUT2D eigenvalue weighted by molar-refractivity contribution is 5.68. The molecule has 110 valence electrons. The van der Waals surface area contributed by atoms with E-state index in [0.717, 1.165) is 5.56 Å². The lowest BCUT2D eigenvalue weighted by Gasteiger charge is -2.18. The predicted molar refractivity (Wildman–Crippen MR) is 77.7 cm³/mol. The molecule has 2 aromatic rings. The minimum atomic E-state index is -0.858. The number of benzene rings is 1. The number of anilines is 1. The molecule has 6 heteroatoms. The second kappa shape index (κ2) is 6.30. The number of carbonyl (C=O) groups is 1. The van der Waals surface area contributed by atoms with Crippen molar-refractivity contribution < 1.29 is 14.3 Å². The lowest BCUT2D eigenvalue weighted by Crippen LogP contribution is -2.23. The number of nitrogens with zero attached hydrogens (tertiary/aromatic N) is 3. The smallest absolute Gasteiger partial charge is 0.305 e. The van der Waals surface area contributed by atoms with Gasteiger partial charge in [0.2, 0.25) is 0 Å². The highest BCUT2D eigenvalue weighted by atomic mass is 19.1. The number of aryl methyl sites for hydroxylation is 1. The van der Waals surface area contributed by atoms with E-state index in [2.05, 4.69) is 10.2 Å². The molecule has 0 aliphatic heterocycles. The Morgan fingerprint density at radius 2 is 2.10 bits per heavy atom. The first kappa shape index (κ1) is 14.9. The van der Waals surface area contributed by atoms with Crippen molar-refractivity contribution in [3.63, 3.8) is 0 Å². The Balaban J connectivity index is 2.23. The number of carboxylic acids is 1. The number of aliphatic carboxylic acids is 1. The van der Waals surface area contributed by atoms with E-state index in [-0.39, 0.29) is 12.2 Å². The minimum absolute atomic E-state index is 0.0310. The molecule has 1 aromatic heterocycles. The van der Waals surface area contributed by atoms with Crippen LogP contribution in [0, 0.1) is 12.7 Å². The van der Waals surface area contributed by atoms with E-state index in [4.69, 9.17) is 5.11 Å². The van der Waals surface area contributed by atoms with E-state index < -0.39 is 5.97 Å². The summed E-state index contributed by atoms with van der Waals surface area (Å²) in [7, 11) is 1.77. The molecule has 0 bridgehead atoms. The molecule has 0 fully saturated rings. The topological polar surface area (TPSA) is 66.3 Å². The number of carboxylic acid groups (broad SMARTS) is 1. The molecular formula is C15H16FN3O2. The third-order valence-electron chi connectivity index (χ3n) is 3.10. The maximum Gasteiger partial charge on any atom is 0.305 e. The Morgan fingerprint density at radius 1 is 1.33 bits per heavy atom. The molecule has 0 unspecified atom stereocenters. The number of halogens is 1. The Hall–Kier alpha value is -2.50. The SMILES string of the molecule is Cc1cc(-c2cccc(F)c2)nnc1N(C)CCC(=O)O. The fraction of sp³-hybridized carbons (Fsp3) is 0.267. The van der Waals surface area contributed by atoms with Gasteiger partial charge in [-0.25, -0.2) is 4.39 Å². The van der Waals surface area contributed by atoms with Gasteiger partial charge < -0.3 is 10.0 Å². The molecule has 1 aromatic carbocycles. The van der Waals surface area contributed by atoms with Gasteiger partial charge in [0.05, 0.1) is 12.1 Å². The van der Waals surface area contributed by atoms with E-state index >= 15 is 0 Å². The molecule has 0 radical (unpaired) electrons. The van der Waals surface area contributed by atoms with Crippen LogP contribution in [0.3, 0.4) is 0 Å². The van der Waals surface area contributed by atoms with Crippen molar-refractivity contribution in [2.24, 2.45) is 0 Å². The largest absolute Gasteiger partial charge is 0.481 e. The first-order valence-electron chi connectivity index (χ1n) is 6.50. The summed E-state index contributed by atoms with van der Waals surface area (Å²) in [6.07, 6.45) is 0.0310. The molecule has 0 aliphatic rings. The Morgan fingerprint density at radius 3 is 2.71 bits per heavy atom. The zero-order valence-electron chi connectivity index (χ0n) is 11.9. The van der Waals surface area contributed by atoms with Gasteiger partial charge in [-0.3, -0.25) is 4.79 Å². The summed E-state index contributed by atoms with van der Waals surface area (Å²) in [5.41, 5.74) is 2.10. The van der Waals surface area contributed by atoms with Crippen molar-refractivity contribution in [2.75, 3.05) is 18.5 Å². The Bertz CT molecular complexity index is 661. The second-order valence-electron chi connectivity index (χ2n) is 4.81. The molecular weight excluding hydrogens is 273 g/mol. The minimum Gasteiger partial charge on any atom is -0.481 e.